The predicted octanol–water partition coefficient (Wildman–Crippen LogP) is 4.99. The van der Waals surface area contributed by atoms with Gasteiger partial charge < -0.3 is 10.1 Å². The zero-order valence-corrected chi connectivity index (χ0v) is 13.3. The number of anilines is 1. The fourth-order valence-electron chi connectivity index (χ4n) is 1.97. The number of pyridine rings is 1. The topological polar surface area (TPSA) is 34.1 Å². The van der Waals surface area contributed by atoms with Gasteiger partial charge in [-0.3, -0.25) is 0 Å². The third-order valence-corrected chi connectivity index (χ3v) is 3.22. The van der Waals surface area contributed by atoms with Gasteiger partial charge in [0.05, 0.1) is 0 Å². The van der Waals surface area contributed by atoms with Gasteiger partial charge in [-0.25, -0.2) is 0 Å². The summed E-state index contributed by atoms with van der Waals surface area (Å²) in [7, 11) is 0. The highest BCUT2D eigenvalue weighted by Crippen LogP contribution is 2.26. The van der Waals surface area contributed by atoms with Gasteiger partial charge >= 0.3 is 0 Å². The van der Waals surface area contributed by atoms with Crippen LogP contribution in [0.3, 0.4) is 0 Å². The summed E-state index contributed by atoms with van der Waals surface area (Å²) in [5.74, 6) is 2.27. The molecular weight excluding hydrogens is 260 g/mol. The van der Waals surface area contributed by atoms with Crippen molar-refractivity contribution in [2.45, 2.75) is 39.5 Å². The molecule has 0 aliphatic carbocycles. The second kappa shape index (κ2) is 6.61. The molecule has 2 aromatic rings. The molecule has 0 aliphatic heterocycles. The SMILES string of the molecule is CCCNc1cccc(Oc2ccc(C(C)(C)C)cc2)n1. The minimum absolute atomic E-state index is 0.154. The van der Waals surface area contributed by atoms with Crippen LogP contribution in [0, 0.1) is 0 Å². The van der Waals surface area contributed by atoms with E-state index in [1.165, 1.54) is 5.56 Å². The molecule has 21 heavy (non-hydrogen) atoms. The molecule has 1 aromatic heterocycles. The summed E-state index contributed by atoms with van der Waals surface area (Å²) in [4.78, 5) is 4.44. The summed E-state index contributed by atoms with van der Waals surface area (Å²) in [6.07, 6.45) is 1.07. The highest BCUT2D eigenvalue weighted by Gasteiger charge is 2.13. The predicted molar refractivity (Wildman–Crippen MR) is 88.2 cm³/mol. The second-order valence-electron chi connectivity index (χ2n) is 6.16. The Bertz CT molecular complexity index is 571. The van der Waals surface area contributed by atoms with E-state index in [1.807, 2.05) is 30.3 Å². The lowest BCUT2D eigenvalue weighted by atomic mass is 9.87. The fourth-order valence-corrected chi connectivity index (χ4v) is 1.97. The molecule has 0 fully saturated rings. The van der Waals surface area contributed by atoms with Crippen molar-refractivity contribution in [2.24, 2.45) is 0 Å². The third-order valence-electron chi connectivity index (χ3n) is 3.22. The fraction of sp³-hybridized carbons (Fsp3) is 0.389. The van der Waals surface area contributed by atoms with Crippen LogP contribution in [0.2, 0.25) is 0 Å². The van der Waals surface area contributed by atoms with Crippen LogP contribution in [0.1, 0.15) is 39.7 Å². The van der Waals surface area contributed by atoms with Gasteiger partial charge in [0.2, 0.25) is 5.88 Å². The van der Waals surface area contributed by atoms with Crippen molar-refractivity contribution in [1.29, 1.82) is 0 Å². The summed E-state index contributed by atoms with van der Waals surface area (Å²) in [5.41, 5.74) is 1.45. The zero-order valence-electron chi connectivity index (χ0n) is 13.3. The minimum atomic E-state index is 0.154. The Labute approximate surface area is 127 Å². The number of aromatic nitrogens is 1. The largest absolute Gasteiger partial charge is 0.439 e. The van der Waals surface area contributed by atoms with Gasteiger partial charge in [0.15, 0.2) is 0 Å². The van der Waals surface area contributed by atoms with Crippen molar-refractivity contribution >= 4 is 5.82 Å². The minimum Gasteiger partial charge on any atom is -0.439 e. The Morgan fingerprint density at radius 1 is 1.05 bits per heavy atom. The molecule has 0 spiro atoms. The molecule has 0 aliphatic rings. The molecule has 0 radical (unpaired) electrons. The molecule has 0 bridgehead atoms. The van der Waals surface area contributed by atoms with Crippen molar-refractivity contribution in [1.82, 2.24) is 4.98 Å². The van der Waals surface area contributed by atoms with Gasteiger partial charge in [0.1, 0.15) is 11.6 Å². The van der Waals surface area contributed by atoms with Crippen LogP contribution in [-0.2, 0) is 5.41 Å². The maximum absolute atomic E-state index is 5.82. The Hall–Kier alpha value is -2.03. The zero-order chi connectivity index (χ0) is 15.3. The van der Waals surface area contributed by atoms with Gasteiger partial charge in [0, 0.05) is 12.6 Å². The first kappa shape index (κ1) is 15.4. The molecule has 3 nitrogen and oxygen atoms in total. The molecular formula is C18H24N2O. The van der Waals surface area contributed by atoms with Crippen molar-refractivity contribution in [3.8, 4) is 11.6 Å². The number of nitrogens with one attached hydrogen (secondary N) is 1. The second-order valence-corrected chi connectivity index (χ2v) is 6.16. The number of hydrogen-bond donors (Lipinski definition) is 1. The van der Waals surface area contributed by atoms with Crippen LogP contribution in [0.4, 0.5) is 5.82 Å². The number of rotatable bonds is 5. The van der Waals surface area contributed by atoms with Crippen LogP contribution in [-0.4, -0.2) is 11.5 Å². The van der Waals surface area contributed by atoms with E-state index in [-0.39, 0.29) is 5.41 Å². The third kappa shape index (κ3) is 4.48. The Kier molecular flexibility index (Phi) is 4.84. The highest BCUT2D eigenvalue weighted by atomic mass is 16.5. The van der Waals surface area contributed by atoms with Crippen LogP contribution in [0.15, 0.2) is 42.5 Å². The number of nitrogens with zero attached hydrogens (tertiary/aromatic N) is 1. The van der Waals surface area contributed by atoms with E-state index >= 15 is 0 Å². The van der Waals surface area contributed by atoms with Crippen molar-refractivity contribution in [3.05, 3.63) is 48.0 Å². The molecule has 112 valence electrons. The van der Waals surface area contributed by atoms with Crippen molar-refractivity contribution in [2.75, 3.05) is 11.9 Å². The first-order valence-corrected chi connectivity index (χ1v) is 7.48. The normalized spacial score (nSPS) is 11.2. The van der Waals surface area contributed by atoms with E-state index in [4.69, 9.17) is 4.74 Å². The molecule has 1 heterocycles. The van der Waals surface area contributed by atoms with Gasteiger partial charge in [0.25, 0.3) is 0 Å². The van der Waals surface area contributed by atoms with Gasteiger partial charge in [-0.1, -0.05) is 45.9 Å². The summed E-state index contributed by atoms with van der Waals surface area (Å²) >= 11 is 0. The summed E-state index contributed by atoms with van der Waals surface area (Å²) < 4.78 is 5.82. The molecule has 0 saturated heterocycles. The Balaban J connectivity index is 2.07. The van der Waals surface area contributed by atoms with Crippen molar-refractivity contribution in [3.63, 3.8) is 0 Å². The van der Waals surface area contributed by atoms with Crippen LogP contribution >= 0.6 is 0 Å². The molecule has 0 amide bonds. The summed E-state index contributed by atoms with van der Waals surface area (Å²) in [5, 5.41) is 3.26. The van der Waals surface area contributed by atoms with Crippen LogP contribution in [0.5, 0.6) is 11.6 Å². The maximum atomic E-state index is 5.82. The first-order chi connectivity index (χ1) is 9.99. The number of benzene rings is 1. The monoisotopic (exact) mass is 284 g/mol. The Morgan fingerprint density at radius 3 is 2.38 bits per heavy atom. The van der Waals surface area contributed by atoms with E-state index in [9.17, 15) is 0 Å². The molecule has 0 saturated carbocycles. The molecule has 1 aromatic carbocycles. The average Bonchev–Trinajstić information content (AvgIpc) is 2.45. The van der Waals surface area contributed by atoms with Crippen molar-refractivity contribution < 1.29 is 4.74 Å². The number of ether oxygens (including phenoxy) is 1. The lowest BCUT2D eigenvalue weighted by Gasteiger charge is -2.19. The molecule has 3 heteroatoms. The summed E-state index contributed by atoms with van der Waals surface area (Å²) in [6, 6.07) is 14.0. The molecule has 1 N–H and O–H groups in total. The van der Waals surface area contributed by atoms with Crippen LogP contribution < -0.4 is 10.1 Å². The molecule has 0 unspecified atom stereocenters. The van der Waals surface area contributed by atoms with E-state index in [0.717, 1.165) is 24.5 Å². The lowest BCUT2D eigenvalue weighted by molar-refractivity contribution is 0.462. The van der Waals surface area contributed by atoms with Gasteiger partial charge in [-0.05, 0) is 35.6 Å². The van der Waals surface area contributed by atoms with E-state index in [0.29, 0.717) is 5.88 Å². The quantitative estimate of drug-likeness (QED) is 0.839. The number of hydrogen-bond acceptors (Lipinski definition) is 3. The van der Waals surface area contributed by atoms with E-state index in [2.05, 4.69) is 50.1 Å². The van der Waals surface area contributed by atoms with E-state index < -0.39 is 0 Å². The van der Waals surface area contributed by atoms with E-state index in [1.54, 1.807) is 0 Å². The first-order valence-electron chi connectivity index (χ1n) is 7.48. The smallest absolute Gasteiger partial charge is 0.221 e. The van der Waals surface area contributed by atoms with Gasteiger partial charge in [-0.15, -0.1) is 0 Å². The maximum Gasteiger partial charge on any atom is 0.221 e. The van der Waals surface area contributed by atoms with Gasteiger partial charge in [-0.2, -0.15) is 4.98 Å². The average molecular weight is 284 g/mol. The molecule has 2 rings (SSSR count). The van der Waals surface area contributed by atoms with Crippen LogP contribution in [0.25, 0.3) is 0 Å². The highest BCUT2D eigenvalue weighted by molar-refractivity contribution is 5.39. The lowest BCUT2D eigenvalue weighted by Crippen LogP contribution is -2.10. The molecule has 0 atom stereocenters. The standard InChI is InChI=1S/C18H24N2O/c1-5-13-19-16-7-6-8-17(20-16)21-15-11-9-14(10-12-15)18(2,3)4/h6-12H,5,13H2,1-4H3,(H,19,20). The Morgan fingerprint density at radius 2 is 1.76 bits per heavy atom. The summed E-state index contributed by atoms with van der Waals surface area (Å²) in [6.45, 7) is 9.65.